The van der Waals surface area contributed by atoms with Crippen LogP contribution < -0.4 is 0 Å². The van der Waals surface area contributed by atoms with Gasteiger partial charge in [-0.1, -0.05) is 17.7 Å². The fraction of sp³-hybridized carbons (Fsp3) is 0.214. The molecule has 0 saturated heterocycles. The Morgan fingerprint density at radius 1 is 1.43 bits per heavy atom. The highest BCUT2D eigenvalue weighted by Gasteiger charge is 2.26. The summed E-state index contributed by atoms with van der Waals surface area (Å²) in [7, 11) is 1.62. The van der Waals surface area contributed by atoms with Crippen molar-refractivity contribution in [2.75, 3.05) is 7.05 Å². The molecule has 0 radical (unpaired) electrons. The van der Waals surface area contributed by atoms with E-state index in [1.165, 1.54) is 34.4 Å². The molecule has 1 aromatic carbocycles. The minimum absolute atomic E-state index is 0.00148. The third-order valence-corrected chi connectivity index (χ3v) is 4.52. The van der Waals surface area contributed by atoms with Gasteiger partial charge in [-0.05, 0) is 30.5 Å². The van der Waals surface area contributed by atoms with Crippen molar-refractivity contribution < 1.29 is 9.72 Å². The van der Waals surface area contributed by atoms with Crippen LogP contribution in [-0.2, 0) is 0 Å². The molecule has 0 aliphatic rings. The van der Waals surface area contributed by atoms with Crippen LogP contribution >= 0.6 is 22.9 Å². The van der Waals surface area contributed by atoms with Crippen LogP contribution in [0.25, 0.3) is 0 Å². The quantitative estimate of drug-likeness (QED) is 0.627. The molecule has 1 heterocycles. The molecule has 7 heteroatoms. The van der Waals surface area contributed by atoms with Crippen molar-refractivity contribution in [1.82, 2.24) is 4.90 Å². The van der Waals surface area contributed by atoms with E-state index in [9.17, 15) is 14.9 Å². The van der Waals surface area contributed by atoms with E-state index in [4.69, 9.17) is 11.6 Å². The Morgan fingerprint density at radius 3 is 2.71 bits per heavy atom. The summed E-state index contributed by atoms with van der Waals surface area (Å²) in [6.45, 7) is 1.88. The van der Waals surface area contributed by atoms with Crippen LogP contribution in [0.3, 0.4) is 0 Å². The van der Waals surface area contributed by atoms with Gasteiger partial charge >= 0.3 is 0 Å². The largest absolute Gasteiger partial charge is 0.334 e. The number of nitro groups is 1. The molecule has 1 atom stereocenters. The second-order valence-electron chi connectivity index (χ2n) is 4.53. The second kappa shape index (κ2) is 6.24. The zero-order chi connectivity index (χ0) is 15.6. The normalized spacial score (nSPS) is 12.0. The molecular weight excluding hydrogens is 312 g/mol. The highest BCUT2D eigenvalue weighted by Crippen LogP contribution is 2.28. The minimum atomic E-state index is -0.576. The Bertz CT molecular complexity index is 673. The molecular formula is C14H13ClN2O3S. The van der Waals surface area contributed by atoms with Crippen LogP contribution in [0.1, 0.15) is 28.2 Å². The van der Waals surface area contributed by atoms with Gasteiger partial charge in [0.2, 0.25) is 0 Å². The van der Waals surface area contributed by atoms with E-state index in [1.807, 2.05) is 24.4 Å². The summed E-state index contributed by atoms with van der Waals surface area (Å²) in [6.07, 6.45) is 0. The third kappa shape index (κ3) is 3.22. The first-order valence-corrected chi connectivity index (χ1v) is 7.42. The molecule has 1 unspecified atom stereocenters. The Kier molecular flexibility index (Phi) is 4.59. The summed E-state index contributed by atoms with van der Waals surface area (Å²) in [4.78, 5) is 25.5. The predicted octanol–water partition coefficient (Wildman–Crippen LogP) is 4.14. The third-order valence-electron chi connectivity index (χ3n) is 3.24. The SMILES string of the molecule is CC(c1cccs1)N(C)C(=O)c1cc(Cl)ccc1[N+](=O)[O-]. The van der Waals surface area contributed by atoms with Gasteiger partial charge in [0.25, 0.3) is 11.6 Å². The number of carbonyl (C=O) groups is 1. The Balaban J connectivity index is 2.35. The fourth-order valence-corrected chi connectivity index (χ4v) is 2.92. The molecule has 21 heavy (non-hydrogen) atoms. The number of carbonyl (C=O) groups excluding carboxylic acids is 1. The average Bonchev–Trinajstić information content (AvgIpc) is 2.98. The van der Waals surface area contributed by atoms with E-state index in [2.05, 4.69) is 0 Å². The van der Waals surface area contributed by atoms with E-state index in [0.717, 1.165) is 4.88 Å². The van der Waals surface area contributed by atoms with Crippen molar-refractivity contribution in [1.29, 1.82) is 0 Å². The molecule has 5 nitrogen and oxygen atoms in total. The lowest BCUT2D eigenvalue weighted by Gasteiger charge is -2.24. The lowest BCUT2D eigenvalue weighted by Crippen LogP contribution is -2.29. The highest BCUT2D eigenvalue weighted by atomic mass is 35.5. The summed E-state index contributed by atoms with van der Waals surface area (Å²) in [5, 5.41) is 13.3. The molecule has 2 aromatic rings. The Hall–Kier alpha value is -1.92. The smallest absolute Gasteiger partial charge is 0.282 e. The van der Waals surface area contributed by atoms with Gasteiger partial charge in [-0.3, -0.25) is 14.9 Å². The molecule has 0 spiro atoms. The zero-order valence-corrected chi connectivity index (χ0v) is 13.0. The molecule has 0 aliphatic heterocycles. The summed E-state index contributed by atoms with van der Waals surface area (Å²) in [5.74, 6) is -0.426. The van der Waals surface area contributed by atoms with Crippen molar-refractivity contribution in [3.63, 3.8) is 0 Å². The molecule has 110 valence electrons. The van der Waals surface area contributed by atoms with Crippen LogP contribution in [0.2, 0.25) is 5.02 Å². The summed E-state index contributed by atoms with van der Waals surface area (Å²) in [6, 6.07) is 7.64. The summed E-state index contributed by atoms with van der Waals surface area (Å²) < 4.78 is 0. The van der Waals surface area contributed by atoms with Crippen molar-refractivity contribution in [3.8, 4) is 0 Å². The number of nitro benzene ring substituents is 1. The minimum Gasteiger partial charge on any atom is -0.334 e. The van der Waals surface area contributed by atoms with Gasteiger partial charge < -0.3 is 4.90 Å². The van der Waals surface area contributed by atoms with Crippen molar-refractivity contribution >= 4 is 34.5 Å². The van der Waals surface area contributed by atoms with E-state index in [1.54, 1.807) is 7.05 Å². The van der Waals surface area contributed by atoms with Gasteiger partial charge in [0.1, 0.15) is 5.56 Å². The topological polar surface area (TPSA) is 63.5 Å². The van der Waals surface area contributed by atoms with E-state index >= 15 is 0 Å². The molecule has 2 rings (SSSR count). The van der Waals surface area contributed by atoms with E-state index < -0.39 is 10.8 Å². The number of amides is 1. The molecule has 0 bridgehead atoms. The first-order valence-electron chi connectivity index (χ1n) is 6.16. The van der Waals surface area contributed by atoms with Gasteiger partial charge in [-0.25, -0.2) is 0 Å². The number of benzene rings is 1. The van der Waals surface area contributed by atoms with E-state index in [0.29, 0.717) is 5.02 Å². The maximum atomic E-state index is 12.5. The molecule has 0 aliphatic carbocycles. The maximum Gasteiger partial charge on any atom is 0.282 e. The van der Waals surface area contributed by atoms with Crippen LogP contribution in [0.4, 0.5) is 5.69 Å². The zero-order valence-electron chi connectivity index (χ0n) is 11.4. The molecule has 0 saturated carbocycles. The van der Waals surface area contributed by atoms with Gasteiger partial charge in [-0.2, -0.15) is 0 Å². The van der Waals surface area contributed by atoms with Gasteiger partial charge in [0, 0.05) is 23.0 Å². The Morgan fingerprint density at radius 2 is 2.14 bits per heavy atom. The number of hydrogen-bond acceptors (Lipinski definition) is 4. The molecule has 1 amide bonds. The van der Waals surface area contributed by atoms with Gasteiger partial charge in [0.15, 0.2) is 0 Å². The molecule has 1 aromatic heterocycles. The van der Waals surface area contributed by atoms with Crippen LogP contribution in [0, 0.1) is 10.1 Å². The maximum absolute atomic E-state index is 12.5. The van der Waals surface area contributed by atoms with Crippen molar-refractivity contribution in [2.45, 2.75) is 13.0 Å². The van der Waals surface area contributed by atoms with Gasteiger partial charge in [0.05, 0.1) is 11.0 Å². The van der Waals surface area contributed by atoms with Crippen LogP contribution in [0.5, 0.6) is 0 Å². The first-order chi connectivity index (χ1) is 9.91. The summed E-state index contributed by atoms with van der Waals surface area (Å²) >= 11 is 7.39. The average molecular weight is 325 g/mol. The fourth-order valence-electron chi connectivity index (χ4n) is 1.92. The monoisotopic (exact) mass is 324 g/mol. The van der Waals surface area contributed by atoms with Crippen molar-refractivity contribution in [3.05, 3.63) is 61.3 Å². The number of rotatable bonds is 4. The lowest BCUT2D eigenvalue weighted by atomic mass is 10.1. The predicted molar refractivity (Wildman–Crippen MR) is 82.9 cm³/mol. The standard InChI is InChI=1S/C14H13ClN2O3S/c1-9(13-4-3-7-21-13)16(2)14(18)11-8-10(15)5-6-12(11)17(19)20/h3-9H,1-2H3. The van der Waals surface area contributed by atoms with Crippen molar-refractivity contribution in [2.24, 2.45) is 0 Å². The lowest BCUT2D eigenvalue weighted by molar-refractivity contribution is -0.385. The number of thiophene rings is 1. The molecule has 0 N–H and O–H groups in total. The van der Waals surface area contributed by atoms with Gasteiger partial charge in [-0.15, -0.1) is 11.3 Å². The number of hydrogen-bond donors (Lipinski definition) is 0. The first kappa shape index (κ1) is 15.5. The number of halogens is 1. The van der Waals surface area contributed by atoms with Crippen LogP contribution in [-0.4, -0.2) is 22.8 Å². The Labute approximate surface area is 130 Å². The summed E-state index contributed by atoms with van der Waals surface area (Å²) in [5.41, 5.74) is -0.243. The molecule has 0 fully saturated rings. The van der Waals surface area contributed by atoms with Crippen LogP contribution in [0.15, 0.2) is 35.7 Å². The number of nitrogens with zero attached hydrogens (tertiary/aromatic N) is 2. The second-order valence-corrected chi connectivity index (χ2v) is 5.94. The highest BCUT2D eigenvalue weighted by molar-refractivity contribution is 7.10. The van der Waals surface area contributed by atoms with E-state index in [-0.39, 0.29) is 17.3 Å².